The molecule has 0 aromatic carbocycles. The molecule has 0 aliphatic heterocycles. The standard InChI is InChI=1S/C21H47P/c1-7-13-19-22(17-11-5,18-12-6,20-14-8-2)21(15-9-3)16-10-4/h21H,7-20H2,1-6H3. The van der Waals surface area contributed by atoms with Gasteiger partial charge in [-0.3, -0.25) is 0 Å². The van der Waals surface area contributed by atoms with Gasteiger partial charge in [0.1, 0.15) is 0 Å². The molecule has 22 heavy (non-hydrogen) atoms. The van der Waals surface area contributed by atoms with Crippen molar-refractivity contribution < 1.29 is 0 Å². The SMILES string of the molecule is CCCCP(CCC)(CCC)(CCCC)C(CCC)CCC. The van der Waals surface area contributed by atoms with Crippen LogP contribution in [0.5, 0.6) is 0 Å². The Morgan fingerprint density at radius 1 is 0.500 bits per heavy atom. The molecule has 0 spiro atoms. The molecular weight excluding hydrogens is 283 g/mol. The van der Waals surface area contributed by atoms with Gasteiger partial charge in [0.15, 0.2) is 0 Å². The van der Waals surface area contributed by atoms with Crippen molar-refractivity contribution in [1.29, 1.82) is 0 Å². The van der Waals surface area contributed by atoms with Crippen molar-refractivity contribution in [2.75, 3.05) is 24.6 Å². The first-order valence-corrected chi connectivity index (χ1v) is 13.6. The van der Waals surface area contributed by atoms with Crippen LogP contribution in [0.2, 0.25) is 0 Å². The van der Waals surface area contributed by atoms with Crippen LogP contribution in [-0.4, -0.2) is 30.3 Å². The number of hydrogen-bond acceptors (Lipinski definition) is 0. The molecular formula is C21H47P. The molecule has 1 heteroatoms. The first kappa shape index (κ1) is 22.4. The van der Waals surface area contributed by atoms with Gasteiger partial charge >= 0.3 is 143 Å². The van der Waals surface area contributed by atoms with Crippen molar-refractivity contribution in [1.82, 2.24) is 0 Å². The summed E-state index contributed by atoms with van der Waals surface area (Å²) in [4.78, 5) is 0. The summed E-state index contributed by atoms with van der Waals surface area (Å²) in [5.74, 6) is 0. The Morgan fingerprint density at radius 2 is 0.909 bits per heavy atom. The van der Waals surface area contributed by atoms with Crippen molar-refractivity contribution in [3.8, 4) is 0 Å². The van der Waals surface area contributed by atoms with Gasteiger partial charge in [-0.2, -0.15) is 0 Å². The fourth-order valence-electron chi connectivity index (χ4n) is 5.32. The molecule has 0 rings (SSSR count). The predicted octanol–water partition coefficient (Wildman–Crippen LogP) is 7.93. The van der Waals surface area contributed by atoms with Crippen LogP contribution in [0.1, 0.15) is 106 Å². The second kappa shape index (κ2) is 11.9. The molecule has 0 aromatic rings. The summed E-state index contributed by atoms with van der Waals surface area (Å²) in [6, 6.07) is 0. The van der Waals surface area contributed by atoms with Gasteiger partial charge < -0.3 is 0 Å². The fourth-order valence-corrected chi connectivity index (χ4v) is 14.9. The van der Waals surface area contributed by atoms with Crippen molar-refractivity contribution >= 4 is 6.60 Å². The Bertz CT molecular complexity index is 235. The number of hydrogen-bond donors (Lipinski definition) is 0. The Balaban J connectivity index is 5.81. The van der Waals surface area contributed by atoms with Crippen LogP contribution in [0, 0.1) is 0 Å². The van der Waals surface area contributed by atoms with Crippen molar-refractivity contribution in [3.05, 3.63) is 0 Å². The van der Waals surface area contributed by atoms with Crippen molar-refractivity contribution in [2.24, 2.45) is 0 Å². The van der Waals surface area contributed by atoms with Crippen LogP contribution in [0.15, 0.2) is 0 Å². The summed E-state index contributed by atoms with van der Waals surface area (Å²) in [5.41, 5.74) is 1.08. The summed E-state index contributed by atoms with van der Waals surface area (Å²) >= 11 is 0. The van der Waals surface area contributed by atoms with Gasteiger partial charge in [-0.1, -0.05) is 0 Å². The minimum atomic E-state index is -1.55. The van der Waals surface area contributed by atoms with E-state index >= 15 is 0 Å². The average Bonchev–Trinajstić information content (AvgIpc) is 2.51. The van der Waals surface area contributed by atoms with Crippen LogP contribution in [0.3, 0.4) is 0 Å². The minimum absolute atomic E-state index is 1.08. The molecule has 0 saturated carbocycles. The van der Waals surface area contributed by atoms with Gasteiger partial charge in [0.25, 0.3) is 0 Å². The molecule has 0 saturated heterocycles. The zero-order chi connectivity index (χ0) is 16.9. The van der Waals surface area contributed by atoms with Crippen LogP contribution in [0.4, 0.5) is 0 Å². The average molecular weight is 331 g/mol. The van der Waals surface area contributed by atoms with Gasteiger partial charge in [-0.05, 0) is 0 Å². The zero-order valence-corrected chi connectivity index (χ0v) is 17.8. The second-order valence-electron chi connectivity index (χ2n) is 7.90. The van der Waals surface area contributed by atoms with Gasteiger partial charge in [0, 0.05) is 0 Å². The first-order valence-electron chi connectivity index (χ1n) is 10.6. The van der Waals surface area contributed by atoms with E-state index < -0.39 is 6.60 Å². The summed E-state index contributed by atoms with van der Waals surface area (Å²) in [5, 5.41) is 0. The molecule has 0 fully saturated rings. The quantitative estimate of drug-likeness (QED) is 0.267. The topological polar surface area (TPSA) is 0 Å². The van der Waals surface area contributed by atoms with Crippen LogP contribution < -0.4 is 0 Å². The Labute approximate surface area is 143 Å². The Hall–Kier alpha value is 0.430. The molecule has 0 unspecified atom stereocenters. The van der Waals surface area contributed by atoms with E-state index in [1.165, 1.54) is 64.2 Å². The predicted molar refractivity (Wildman–Crippen MR) is 110 cm³/mol. The molecule has 0 N–H and O–H groups in total. The van der Waals surface area contributed by atoms with E-state index in [0.717, 1.165) is 5.66 Å². The van der Waals surface area contributed by atoms with E-state index in [1.54, 1.807) is 24.6 Å². The van der Waals surface area contributed by atoms with Gasteiger partial charge in [-0.15, -0.1) is 0 Å². The summed E-state index contributed by atoms with van der Waals surface area (Å²) < 4.78 is 0. The molecule has 0 amide bonds. The molecule has 0 heterocycles. The van der Waals surface area contributed by atoms with E-state index in [1.807, 2.05) is 0 Å². The fraction of sp³-hybridized carbons (Fsp3) is 1.00. The normalized spacial score (nSPS) is 14.2. The summed E-state index contributed by atoms with van der Waals surface area (Å²) in [6.45, 7) is 13.0. The van der Waals surface area contributed by atoms with E-state index in [9.17, 15) is 0 Å². The van der Waals surface area contributed by atoms with Crippen molar-refractivity contribution in [2.45, 2.75) is 111 Å². The van der Waals surface area contributed by atoms with Gasteiger partial charge in [0.05, 0.1) is 0 Å². The van der Waals surface area contributed by atoms with E-state index in [4.69, 9.17) is 0 Å². The molecule has 0 aromatic heterocycles. The molecule has 136 valence electrons. The zero-order valence-electron chi connectivity index (χ0n) is 16.9. The van der Waals surface area contributed by atoms with Crippen LogP contribution >= 0.6 is 6.60 Å². The molecule has 0 radical (unpaired) electrons. The molecule has 0 atom stereocenters. The monoisotopic (exact) mass is 330 g/mol. The van der Waals surface area contributed by atoms with Gasteiger partial charge in [-0.25, -0.2) is 0 Å². The maximum absolute atomic E-state index is 2.46. The summed E-state index contributed by atoms with van der Waals surface area (Å²) in [7, 11) is 0. The molecule has 0 aliphatic carbocycles. The Kier molecular flexibility index (Phi) is 12.1. The third kappa shape index (κ3) is 5.81. The molecule has 0 bridgehead atoms. The van der Waals surface area contributed by atoms with Crippen LogP contribution in [0.25, 0.3) is 0 Å². The molecule has 0 aliphatic rings. The van der Waals surface area contributed by atoms with Gasteiger partial charge in [0.2, 0.25) is 0 Å². The second-order valence-corrected chi connectivity index (χ2v) is 14.6. The van der Waals surface area contributed by atoms with Crippen LogP contribution in [-0.2, 0) is 0 Å². The molecule has 0 nitrogen and oxygen atoms in total. The Morgan fingerprint density at radius 3 is 1.18 bits per heavy atom. The third-order valence-corrected chi connectivity index (χ3v) is 15.1. The number of rotatable bonds is 15. The first-order chi connectivity index (χ1) is 10.6. The van der Waals surface area contributed by atoms with E-state index in [0.29, 0.717) is 0 Å². The third-order valence-electron chi connectivity index (χ3n) is 6.16. The van der Waals surface area contributed by atoms with E-state index in [-0.39, 0.29) is 0 Å². The van der Waals surface area contributed by atoms with E-state index in [2.05, 4.69) is 41.5 Å². The summed E-state index contributed by atoms with van der Waals surface area (Å²) in [6.07, 6.45) is 20.9. The van der Waals surface area contributed by atoms with Crippen molar-refractivity contribution in [3.63, 3.8) is 0 Å². The maximum atomic E-state index is 2.46. The number of unbranched alkanes of at least 4 members (excludes halogenated alkanes) is 2.